The second kappa shape index (κ2) is 9.71. The molecule has 2 aromatic carbocycles. The minimum Gasteiger partial charge on any atom is -0.489 e. The van der Waals surface area contributed by atoms with Crippen molar-refractivity contribution >= 4 is 5.97 Å². The van der Waals surface area contributed by atoms with Gasteiger partial charge in [-0.05, 0) is 40.8 Å². The number of aliphatic carboxylic acids is 1. The van der Waals surface area contributed by atoms with Crippen molar-refractivity contribution < 1.29 is 14.6 Å². The summed E-state index contributed by atoms with van der Waals surface area (Å²) in [4.78, 5) is 22.3. The van der Waals surface area contributed by atoms with E-state index in [0.717, 1.165) is 41.1 Å². The van der Waals surface area contributed by atoms with Crippen LogP contribution in [0, 0.1) is 0 Å². The fraction of sp³-hybridized carbons (Fsp3) is 0.370. The van der Waals surface area contributed by atoms with Gasteiger partial charge in [0.1, 0.15) is 12.4 Å². The molecule has 0 unspecified atom stereocenters. The van der Waals surface area contributed by atoms with Crippen LogP contribution >= 0.6 is 0 Å². The smallest absolute Gasteiger partial charge is 0.304 e. The highest BCUT2D eigenvalue weighted by atomic mass is 16.5. The monoisotopic (exact) mass is 445 g/mol. The van der Waals surface area contributed by atoms with E-state index in [1.54, 1.807) is 0 Å². The van der Waals surface area contributed by atoms with Crippen LogP contribution in [0.25, 0.3) is 11.4 Å². The largest absolute Gasteiger partial charge is 0.489 e. The molecule has 0 fully saturated rings. The van der Waals surface area contributed by atoms with Gasteiger partial charge in [0.15, 0.2) is 5.82 Å². The van der Waals surface area contributed by atoms with Crippen LogP contribution in [0.1, 0.15) is 49.6 Å². The first-order valence-corrected chi connectivity index (χ1v) is 11.4. The Labute approximate surface area is 195 Å². The molecule has 3 aromatic rings. The molecule has 4 rings (SSSR count). The third kappa shape index (κ3) is 5.96. The molecule has 6 heteroatoms. The maximum Gasteiger partial charge on any atom is 0.304 e. The molecule has 0 atom stereocenters. The highest BCUT2D eigenvalue weighted by Crippen LogP contribution is 2.25. The van der Waals surface area contributed by atoms with Gasteiger partial charge < -0.3 is 9.84 Å². The van der Waals surface area contributed by atoms with Crippen molar-refractivity contribution in [2.75, 3.05) is 13.1 Å². The van der Waals surface area contributed by atoms with Gasteiger partial charge in [-0.2, -0.15) is 0 Å². The fourth-order valence-electron chi connectivity index (χ4n) is 3.93. The van der Waals surface area contributed by atoms with Crippen molar-refractivity contribution in [2.24, 2.45) is 0 Å². The van der Waals surface area contributed by atoms with Crippen LogP contribution in [0.3, 0.4) is 0 Å². The number of nitrogens with zero attached hydrogens (tertiary/aromatic N) is 3. The van der Waals surface area contributed by atoms with E-state index in [1.165, 1.54) is 5.56 Å². The number of fused-ring (bicyclic) bond motifs is 1. The van der Waals surface area contributed by atoms with Gasteiger partial charge in [-0.1, -0.05) is 45.0 Å². The molecular weight excluding hydrogens is 414 g/mol. The molecule has 1 aromatic heterocycles. The third-order valence-corrected chi connectivity index (χ3v) is 5.99. The Morgan fingerprint density at radius 3 is 2.48 bits per heavy atom. The molecule has 172 valence electrons. The fourth-order valence-corrected chi connectivity index (χ4v) is 3.93. The molecular formula is C27H31N3O3. The highest BCUT2D eigenvalue weighted by Gasteiger charge is 2.19. The zero-order valence-corrected chi connectivity index (χ0v) is 19.5. The van der Waals surface area contributed by atoms with Crippen molar-refractivity contribution in [3.63, 3.8) is 0 Å². The predicted molar refractivity (Wildman–Crippen MR) is 128 cm³/mol. The lowest BCUT2D eigenvalue weighted by Crippen LogP contribution is -2.33. The van der Waals surface area contributed by atoms with Crippen LogP contribution in [0.2, 0.25) is 0 Å². The first-order valence-electron chi connectivity index (χ1n) is 11.4. The Morgan fingerprint density at radius 2 is 1.82 bits per heavy atom. The average molecular weight is 446 g/mol. The second-order valence-corrected chi connectivity index (χ2v) is 9.60. The molecule has 0 amide bonds. The van der Waals surface area contributed by atoms with Gasteiger partial charge in [0.05, 0.1) is 12.1 Å². The molecule has 1 aliphatic heterocycles. The summed E-state index contributed by atoms with van der Waals surface area (Å²) in [5.74, 6) is 0.751. The Balaban J connectivity index is 1.36. The zero-order chi connectivity index (χ0) is 23.4. The van der Waals surface area contributed by atoms with Gasteiger partial charge in [-0.3, -0.25) is 9.69 Å². The minimum atomic E-state index is -0.765. The zero-order valence-electron chi connectivity index (χ0n) is 19.5. The summed E-state index contributed by atoms with van der Waals surface area (Å²) in [6, 6.07) is 16.5. The molecule has 0 saturated carbocycles. The number of carboxylic acids is 1. The number of carboxylic acid groups (broad SMARTS) is 1. The number of rotatable bonds is 7. The Bertz CT molecular complexity index is 1100. The summed E-state index contributed by atoms with van der Waals surface area (Å²) < 4.78 is 5.96. The minimum absolute atomic E-state index is 0.147. The summed E-state index contributed by atoms with van der Waals surface area (Å²) in [6.45, 7) is 9.24. The van der Waals surface area contributed by atoms with Crippen LogP contribution < -0.4 is 4.74 Å². The van der Waals surface area contributed by atoms with Crippen molar-refractivity contribution in [2.45, 2.75) is 52.2 Å². The summed E-state index contributed by atoms with van der Waals surface area (Å²) in [6.07, 6.45) is 2.83. The van der Waals surface area contributed by atoms with E-state index in [4.69, 9.17) is 14.8 Å². The number of hydrogen-bond donors (Lipinski definition) is 1. The van der Waals surface area contributed by atoms with Gasteiger partial charge in [-0.15, -0.1) is 0 Å². The second-order valence-electron chi connectivity index (χ2n) is 9.60. The number of carbonyl (C=O) groups is 1. The molecule has 2 heterocycles. The van der Waals surface area contributed by atoms with Crippen molar-refractivity contribution in [1.82, 2.24) is 14.9 Å². The molecule has 0 spiro atoms. The van der Waals surface area contributed by atoms with Crippen molar-refractivity contribution in [1.29, 1.82) is 0 Å². The Hall–Kier alpha value is -3.25. The molecule has 1 aliphatic rings. The highest BCUT2D eigenvalue weighted by molar-refractivity contribution is 5.66. The van der Waals surface area contributed by atoms with E-state index in [1.807, 2.05) is 30.5 Å². The van der Waals surface area contributed by atoms with Gasteiger partial charge in [0.2, 0.25) is 0 Å². The lowest BCUT2D eigenvalue weighted by molar-refractivity contribution is -0.137. The van der Waals surface area contributed by atoms with E-state index < -0.39 is 5.97 Å². The molecule has 0 bridgehead atoms. The quantitative estimate of drug-likeness (QED) is 0.560. The summed E-state index contributed by atoms with van der Waals surface area (Å²) in [7, 11) is 0. The van der Waals surface area contributed by atoms with Gasteiger partial charge in [0, 0.05) is 43.4 Å². The van der Waals surface area contributed by atoms with Crippen LogP contribution in [0.4, 0.5) is 0 Å². The SMILES string of the molecule is CC(C)(C)c1ccc(COc2ccc(-c3ncc4c(n3)CCN(CCC(=O)O)C4)cc2)cc1. The summed E-state index contributed by atoms with van der Waals surface area (Å²) in [5.41, 5.74) is 5.68. The van der Waals surface area contributed by atoms with E-state index in [0.29, 0.717) is 25.5 Å². The third-order valence-electron chi connectivity index (χ3n) is 5.99. The Kier molecular flexibility index (Phi) is 6.75. The normalized spacial score (nSPS) is 14.0. The first-order chi connectivity index (χ1) is 15.8. The van der Waals surface area contributed by atoms with E-state index in [9.17, 15) is 4.79 Å². The predicted octanol–water partition coefficient (Wildman–Crippen LogP) is 4.85. The average Bonchev–Trinajstić information content (AvgIpc) is 2.81. The maximum atomic E-state index is 10.8. The molecule has 0 aliphatic carbocycles. The number of hydrogen-bond acceptors (Lipinski definition) is 5. The van der Waals surface area contributed by atoms with Crippen molar-refractivity contribution in [3.05, 3.63) is 77.1 Å². The standard InChI is InChI=1S/C27H31N3O3/c1-27(2,3)22-8-4-19(5-9-22)18-33-23-10-6-20(7-11-23)26-28-16-21-17-30(15-13-25(31)32)14-12-24(21)29-26/h4-11,16H,12-15,17-18H2,1-3H3,(H,31,32). The first kappa shape index (κ1) is 22.9. The van der Waals surface area contributed by atoms with E-state index in [-0.39, 0.29) is 11.8 Å². The van der Waals surface area contributed by atoms with Gasteiger partial charge >= 0.3 is 5.97 Å². The lowest BCUT2D eigenvalue weighted by atomic mass is 9.87. The topological polar surface area (TPSA) is 75.6 Å². The molecule has 1 N–H and O–H groups in total. The molecule has 33 heavy (non-hydrogen) atoms. The number of ether oxygens (including phenoxy) is 1. The maximum absolute atomic E-state index is 10.8. The lowest BCUT2D eigenvalue weighted by Gasteiger charge is -2.27. The van der Waals surface area contributed by atoms with Crippen molar-refractivity contribution in [3.8, 4) is 17.1 Å². The summed E-state index contributed by atoms with van der Waals surface area (Å²) >= 11 is 0. The molecule has 0 radical (unpaired) electrons. The van der Waals surface area contributed by atoms with Crippen LogP contribution in [-0.2, 0) is 29.8 Å². The van der Waals surface area contributed by atoms with Gasteiger partial charge in [0.25, 0.3) is 0 Å². The van der Waals surface area contributed by atoms with Crippen LogP contribution in [0.5, 0.6) is 5.75 Å². The van der Waals surface area contributed by atoms with E-state index >= 15 is 0 Å². The van der Waals surface area contributed by atoms with Crippen LogP contribution in [0.15, 0.2) is 54.7 Å². The number of benzene rings is 2. The Morgan fingerprint density at radius 1 is 1.09 bits per heavy atom. The van der Waals surface area contributed by atoms with Crippen LogP contribution in [-0.4, -0.2) is 39.0 Å². The van der Waals surface area contributed by atoms with Gasteiger partial charge in [-0.25, -0.2) is 9.97 Å². The molecule has 0 saturated heterocycles. The van der Waals surface area contributed by atoms with E-state index in [2.05, 4.69) is 54.9 Å². The molecule has 6 nitrogen and oxygen atoms in total. The summed E-state index contributed by atoms with van der Waals surface area (Å²) in [5, 5.41) is 8.89. The number of aromatic nitrogens is 2.